The highest BCUT2D eigenvalue weighted by Crippen LogP contribution is 2.15. The molecule has 1 aromatic carbocycles. The SMILES string of the molecule is COc1ccc(N=Cc2cccn2-c2ccccc2)cn1. The Balaban J connectivity index is 1.85. The van der Waals surface area contributed by atoms with Gasteiger partial charge in [-0.2, -0.15) is 0 Å². The Hall–Kier alpha value is -2.88. The van der Waals surface area contributed by atoms with E-state index in [9.17, 15) is 0 Å². The molecule has 3 aromatic rings. The van der Waals surface area contributed by atoms with E-state index < -0.39 is 0 Å². The summed E-state index contributed by atoms with van der Waals surface area (Å²) in [7, 11) is 1.60. The number of pyridine rings is 1. The van der Waals surface area contributed by atoms with Gasteiger partial charge in [0.25, 0.3) is 0 Å². The van der Waals surface area contributed by atoms with Gasteiger partial charge in [0, 0.05) is 18.0 Å². The molecule has 0 saturated heterocycles. The largest absolute Gasteiger partial charge is 0.481 e. The summed E-state index contributed by atoms with van der Waals surface area (Å²) >= 11 is 0. The van der Waals surface area contributed by atoms with E-state index in [-0.39, 0.29) is 0 Å². The number of ether oxygens (including phenoxy) is 1. The van der Waals surface area contributed by atoms with Gasteiger partial charge in [0.15, 0.2) is 0 Å². The van der Waals surface area contributed by atoms with Crippen LogP contribution in [0.15, 0.2) is 72.0 Å². The van der Waals surface area contributed by atoms with Crippen LogP contribution < -0.4 is 4.74 Å². The van der Waals surface area contributed by atoms with Crippen molar-refractivity contribution in [2.24, 2.45) is 4.99 Å². The Bertz CT molecular complexity index is 730. The monoisotopic (exact) mass is 277 g/mol. The highest BCUT2D eigenvalue weighted by molar-refractivity contribution is 5.81. The lowest BCUT2D eigenvalue weighted by molar-refractivity contribution is 0.398. The minimum atomic E-state index is 0.585. The highest BCUT2D eigenvalue weighted by atomic mass is 16.5. The first-order valence-electron chi connectivity index (χ1n) is 6.64. The molecule has 0 N–H and O–H groups in total. The third kappa shape index (κ3) is 3.00. The van der Waals surface area contributed by atoms with E-state index in [1.807, 2.05) is 48.8 Å². The van der Waals surface area contributed by atoms with Gasteiger partial charge in [0.05, 0.1) is 30.9 Å². The third-order valence-corrected chi connectivity index (χ3v) is 3.09. The van der Waals surface area contributed by atoms with Crippen molar-refractivity contribution in [2.45, 2.75) is 0 Å². The molecule has 2 aromatic heterocycles. The van der Waals surface area contributed by atoms with Crippen LogP contribution in [0.4, 0.5) is 5.69 Å². The number of benzene rings is 1. The molecular weight excluding hydrogens is 262 g/mol. The molecular formula is C17H15N3O. The quantitative estimate of drug-likeness (QED) is 0.683. The number of nitrogens with zero attached hydrogens (tertiary/aromatic N) is 3. The van der Waals surface area contributed by atoms with Crippen molar-refractivity contribution in [3.05, 3.63) is 72.7 Å². The first-order valence-corrected chi connectivity index (χ1v) is 6.64. The van der Waals surface area contributed by atoms with E-state index in [4.69, 9.17) is 4.74 Å². The first-order chi connectivity index (χ1) is 10.4. The van der Waals surface area contributed by atoms with E-state index in [0.29, 0.717) is 5.88 Å². The van der Waals surface area contributed by atoms with Crippen LogP contribution in [0.25, 0.3) is 5.69 Å². The van der Waals surface area contributed by atoms with Crippen LogP contribution in [0.2, 0.25) is 0 Å². The van der Waals surface area contributed by atoms with Gasteiger partial charge in [-0.3, -0.25) is 4.99 Å². The number of methoxy groups -OCH3 is 1. The van der Waals surface area contributed by atoms with Crippen molar-refractivity contribution in [2.75, 3.05) is 7.11 Å². The number of aromatic nitrogens is 2. The van der Waals surface area contributed by atoms with Crippen LogP contribution in [-0.4, -0.2) is 22.9 Å². The topological polar surface area (TPSA) is 39.4 Å². The van der Waals surface area contributed by atoms with E-state index >= 15 is 0 Å². The van der Waals surface area contributed by atoms with Crippen molar-refractivity contribution in [3.63, 3.8) is 0 Å². The summed E-state index contributed by atoms with van der Waals surface area (Å²) in [4.78, 5) is 8.58. The molecule has 21 heavy (non-hydrogen) atoms. The average Bonchev–Trinajstić information content (AvgIpc) is 3.03. The summed E-state index contributed by atoms with van der Waals surface area (Å²) in [6, 6.07) is 17.9. The molecule has 4 heteroatoms. The Morgan fingerprint density at radius 1 is 1.05 bits per heavy atom. The van der Waals surface area contributed by atoms with Gasteiger partial charge < -0.3 is 9.30 Å². The second kappa shape index (κ2) is 6.05. The number of aliphatic imine (C=N–C) groups is 1. The Labute approximate surface area is 123 Å². The molecule has 0 aliphatic heterocycles. The Morgan fingerprint density at radius 3 is 2.62 bits per heavy atom. The molecule has 0 saturated carbocycles. The molecule has 2 heterocycles. The second-order valence-electron chi connectivity index (χ2n) is 4.46. The lowest BCUT2D eigenvalue weighted by Gasteiger charge is -2.05. The lowest BCUT2D eigenvalue weighted by atomic mass is 10.3. The third-order valence-electron chi connectivity index (χ3n) is 3.09. The van der Waals surface area contributed by atoms with Gasteiger partial charge in [0.1, 0.15) is 0 Å². The van der Waals surface area contributed by atoms with Crippen LogP contribution in [0, 0.1) is 0 Å². The van der Waals surface area contributed by atoms with Crippen LogP contribution >= 0.6 is 0 Å². The number of rotatable bonds is 4. The van der Waals surface area contributed by atoms with E-state index in [1.54, 1.807) is 19.4 Å². The smallest absolute Gasteiger partial charge is 0.213 e. The fraction of sp³-hybridized carbons (Fsp3) is 0.0588. The minimum Gasteiger partial charge on any atom is -0.481 e. The molecule has 0 spiro atoms. The molecule has 4 nitrogen and oxygen atoms in total. The molecule has 0 aliphatic carbocycles. The number of hydrogen-bond acceptors (Lipinski definition) is 3. The number of para-hydroxylation sites is 1. The van der Waals surface area contributed by atoms with Crippen molar-refractivity contribution in [1.82, 2.24) is 9.55 Å². The van der Waals surface area contributed by atoms with Crippen molar-refractivity contribution in [1.29, 1.82) is 0 Å². The molecule has 0 aliphatic rings. The number of hydrogen-bond donors (Lipinski definition) is 0. The normalized spacial score (nSPS) is 10.9. The first kappa shape index (κ1) is 13.1. The maximum absolute atomic E-state index is 5.03. The zero-order valence-corrected chi connectivity index (χ0v) is 11.7. The standard InChI is InChI=1S/C17H15N3O/c1-21-17-10-9-14(12-19-17)18-13-16-8-5-11-20(16)15-6-3-2-4-7-15/h2-13H,1H3. The molecule has 0 amide bonds. The fourth-order valence-corrected chi connectivity index (χ4v) is 2.03. The predicted molar refractivity (Wildman–Crippen MR) is 83.8 cm³/mol. The molecule has 0 fully saturated rings. The van der Waals surface area contributed by atoms with Gasteiger partial charge in [-0.1, -0.05) is 18.2 Å². The van der Waals surface area contributed by atoms with Crippen LogP contribution in [0.3, 0.4) is 0 Å². The lowest BCUT2D eigenvalue weighted by Crippen LogP contribution is -1.97. The molecule has 104 valence electrons. The predicted octanol–water partition coefficient (Wildman–Crippen LogP) is 3.63. The summed E-state index contributed by atoms with van der Waals surface area (Å²) < 4.78 is 7.11. The van der Waals surface area contributed by atoms with Gasteiger partial charge in [-0.05, 0) is 30.3 Å². The van der Waals surface area contributed by atoms with Crippen LogP contribution in [0.1, 0.15) is 5.69 Å². The van der Waals surface area contributed by atoms with Gasteiger partial charge in [-0.15, -0.1) is 0 Å². The van der Waals surface area contributed by atoms with Crippen molar-refractivity contribution < 1.29 is 4.74 Å². The maximum Gasteiger partial charge on any atom is 0.213 e. The Kier molecular flexibility index (Phi) is 3.78. The Morgan fingerprint density at radius 2 is 1.90 bits per heavy atom. The zero-order chi connectivity index (χ0) is 14.5. The summed E-state index contributed by atoms with van der Waals surface area (Å²) in [5, 5.41) is 0. The van der Waals surface area contributed by atoms with Crippen molar-refractivity contribution in [3.8, 4) is 11.6 Å². The van der Waals surface area contributed by atoms with Crippen LogP contribution in [0.5, 0.6) is 5.88 Å². The van der Waals surface area contributed by atoms with E-state index in [1.165, 1.54) is 0 Å². The van der Waals surface area contributed by atoms with Crippen molar-refractivity contribution >= 4 is 11.9 Å². The molecule has 0 unspecified atom stereocenters. The average molecular weight is 277 g/mol. The molecule has 0 bridgehead atoms. The summed E-state index contributed by atoms with van der Waals surface area (Å²) in [5.74, 6) is 0.585. The van der Waals surface area contributed by atoms with Crippen LogP contribution in [-0.2, 0) is 0 Å². The minimum absolute atomic E-state index is 0.585. The molecule has 0 atom stereocenters. The van der Waals surface area contributed by atoms with E-state index in [2.05, 4.69) is 26.7 Å². The summed E-state index contributed by atoms with van der Waals surface area (Å²) in [5.41, 5.74) is 2.91. The van der Waals surface area contributed by atoms with Gasteiger partial charge in [-0.25, -0.2) is 4.98 Å². The molecule has 0 radical (unpaired) electrons. The second-order valence-corrected chi connectivity index (χ2v) is 4.46. The highest BCUT2D eigenvalue weighted by Gasteiger charge is 2.00. The summed E-state index contributed by atoms with van der Waals surface area (Å²) in [6.45, 7) is 0. The van der Waals surface area contributed by atoms with Gasteiger partial charge >= 0.3 is 0 Å². The zero-order valence-electron chi connectivity index (χ0n) is 11.7. The molecule has 3 rings (SSSR count). The fourth-order valence-electron chi connectivity index (χ4n) is 2.03. The maximum atomic E-state index is 5.03. The summed E-state index contributed by atoms with van der Waals surface area (Å²) in [6.07, 6.45) is 5.53. The van der Waals surface area contributed by atoms with Gasteiger partial charge in [0.2, 0.25) is 5.88 Å². The van der Waals surface area contributed by atoms with E-state index in [0.717, 1.165) is 17.1 Å².